The fourth-order valence-corrected chi connectivity index (χ4v) is 4.41. The zero-order chi connectivity index (χ0) is 19.9. The van der Waals surface area contributed by atoms with Crippen LogP contribution in [0.15, 0.2) is 11.1 Å². The van der Waals surface area contributed by atoms with E-state index in [1.165, 1.54) is 25.0 Å². The summed E-state index contributed by atoms with van der Waals surface area (Å²) in [6, 6.07) is 2.39. The minimum atomic E-state index is 0.263. The summed E-state index contributed by atoms with van der Waals surface area (Å²) in [5, 5.41) is 11.4. The topological polar surface area (TPSA) is 74.6 Å². The Balaban J connectivity index is 1.37. The molecule has 2 aliphatic rings. The van der Waals surface area contributed by atoms with Crippen molar-refractivity contribution in [1.82, 2.24) is 25.3 Å². The van der Waals surface area contributed by atoms with Crippen LogP contribution in [0.2, 0.25) is 0 Å². The summed E-state index contributed by atoms with van der Waals surface area (Å²) >= 11 is 0. The number of hydrogen-bond acceptors (Lipinski definition) is 3. The van der Waals surface area contributed by atoms with Crippen LogP contribution in [-0.4, -0.2) is 59.3 Å². The standard InChI is InChI=1S/C21H36N6O/c1-16-14-17(2)27(25-16)12-7-11-23-21(22-3)24-19-10-13-26(15-19)20(28)18-8-5-4-6-9-18/h14,18-19H,4-13,15H2,1-3H3,(H2,22,23,24). The smallest absolute Gasteiger partial charge is 0.225 e. The van der Waals surface area contributed by atoms with Crippen molar-refractivity contribution in [3.8, 4) is 0 Å². The Morgan fingerprint density at radius 2 is 2.04 bits per heavy atom. The van der Waals surface area contributed by atoms with Crippen molar-refractivity contribution in [3.05, 3.63) is 17.5 Å². The molecule has 1 atom stereocenters. The maximum atomic E-state index is 12.7. The van der Waals surface area contributed by atoms with Gasteiger partial charge < -0.3 is 15.5 Å². The highest BCUT2D eigenvalue weighted by Gasteiger charge is 2.31. The summed E-state index contributed by atoms with van der Waals surface area (Å²) in [5.41, 5.74) is 2.27. The van der Waals surface area contributed by atoms with Gasteiger partial charge in [-0.15, -0.1) is 0 Å². The number of hydrogen-bond donors (Lipinski definition) is 2. The van der Waals surface area contributed by atoms with Gasteiger partial charge in [-0.2, -0.15) is 5.10 Å². The van der Waals surface area contributed by atoms with Gasteiger partial charge >= 0.3 is 0 Å². The summed E-state index contributed by atoms with van der Waals surface area (Å²) in [4.78, 5) is 19.1. The Kier molecular flexibility index (Phi) is 7.34. The molecule has 0 radical (unpaired) electrons. The number of nitrogens with one attached hydrogen (secondary N) is 2. The molecule has 2 fully saturated rings. The van der Waals surface area contributed by atoms with Crippen LogP contribution in [0.25, 0.3) is 0 Å². The van der Waals surface area contributed by atoms with E-state index in [1.807, 2.05) is 6.92 Å². The quantitative estimate of drug-likeness (QED) is 0.445. The molecule has 1 saturated heterocycles. The zero-order valence-corrected chi connectivity index (χ0v) is 17.7. The number of aliphatic imine (C=N–C) groups is 1. The Labute approximate surface area is 169 Å². The van der Waals surface area contributed by atoms with Gasteiger partial charge in [0, 0.05) is 50.9 Å². The highest BCUT2D eigenvalue weighted by atomic mass is 16.2. The van der Waals surface area contributed by atoms with Crippen LogP contribution >= 0.6 is 0 Å². The van der Waals surface area contributed by atoms with E-state index in [2.05, 4.69) is 43.3 Å². The first-order valence-electron chi connectivity index (χ1n) is 10.8. The normalized spacial score (nSPS) is 21.2. The molecule has 1 unspecified atom stereocenters. The molecule has 7 heteroatoms. The minimum absolute atomic E-state index is 0.263. The Morgan fingerprint density at radius 3 is 2.71 bits per heavy atom. The van der Waals surface area contributed by atoms with Gasteiger partial charge in [-0.1, -0.05) is 19.3 Å². The molecule has 0 bridgehead atoms. The molecule has 156 valence electrons. The number of rotatable bonds is 6. The van der Waals surface area contributed by atoms with Gasteiger partial charge in [-0.25, -0.2) is 0 Å². The Morgan fingerprint density at radius 1 is 1.25 bits per heavy atom. The van der Waals surface area contributed by atoms with Gasteiger partial charge in [0.2, 0.25) is 5.91 Å². The average molecular weight is 389 g/mol. The number of guanidine groups is 1. The maximum absolute atomic E-state index is 12.7. The predicted molar refractivity (Wildman–Crippen MR) is 112 cm³/mol. The lowest BCUT2D eigenvalue weighted by Gasteiger charge is -2.26. The summed E-state index contributed by atoms with van der Waals surface area (Å²) in [6.45, 7) is 7.52. The number of carbonyl (C=O) groups is 1. The lowest BCUT2D eigenvalue weighted by molar-refractivity contribution is -0.135. The van der Waals surface area contributed by atoms with Crippen molar-refractivity contribution in [2.24, 2.45) is 10.9 Å². The molecule has 1 aromatic heterocycles. The SMILES string of the molecule is CN=C(NCCCn1nc(C)cc1C)NC1CCN(C(=O)C2CCCCC2)C1. The van der Waals surface area contributed by atoms with Crippen LogP contribution < -0.4 is 10.6 Å². The number of aryl methyl sites for hydroxylation is 3. The molecule has 0 aromatic carbocycles. The summed E-state index contributed by atoms with van der Waals surface area (Å²) in [7, 11) is 1.80. The first-order valence-corrected chi connectivity index (χ1v) is 10.8. The molecule has 2 heterocycles. The molecule has 1 amide bonds. The van der Waals surface area contributed by atoms with E-state index in [0.717, 1.165) is 63.5 Å². The van der Waals surface area contributed by atoms with Crippen molar-refractivity contribution in [2.75, 3.05) is 26.7 Å². The third kappa shape index (κ3) is 5.49. The van der Waals surface area contributed by atoms with Gasteiger partial charge in [0.05, 0.1) is 5.69 Å². The first kappa shape index (κ1) is 20.7. The highest BCUT2D eigenvalue weighted by molar-refractivity contribution is 5.81. The number of carbonyl (C=O) groups excluding carboxylic acids is 1. The predicted octanol–water partition coefficient (Wildman–Crippen LogP) is 2.24. The van der Waals surface area contributed by atoms with E-state index in [4.69, 9.17) is 0 Å². The monoisotopic (exact) mass is 388 g/mol. The highest BCUT2D eigenvalue weighted by Crippen LogP contribution is 2.26. The lowest BCUT2D eigenvalue weighted by Crippen LogP contribution is -2.45. The largest absolute Gasteiger partial charge is 0.356 e. The van der Waals surface area contributed by atoms with Gasteiger partial charge in [-0.05, 0) is 45.6 Å². The summed E-state index contributed by atoms with van der Waals surface area (Å²) < 4.78 is 2.05. The van der Waals surface area contributed by atoms with E-state index in [-0.39, 0.29) is 12.0 Å². The second-order valence-electron chi connectivity index (χ2n) is 8.25. The summed E-state index contributed by atoms with van der Waals surface area (Å²) in [6.07, 6.45) is 7.83. The second-order valence-corrected chi connectivity index (χ2v) is 8.25. The number of amides is 1. The van der Waals surface area contributed by atoms with Crippen molar-refractivity contribution in [3.63, 3.8) is 0 Å². The fraction of sp³-hybridized carbons (Fsp3) is 0.762. The van der Waals surface area contributed by atoms with Crippen LogP contribution in [0.5, 0.6) is 0 Å². The van der Waals surface area contributed by atoms with Gasteiger partial charge in [0.25, 0.3) is 0 Å². The fourth-order valence-electron chi connectivity index (χ4n) is 4.41. The maximum Gasteiger partial charge on any atom is 0.225 e. The van der Waals surface area contributed by atoms with Crippen LogP contribution in [-0.2, 0) is 11.3 Å². The number of nitrogens with zero attached hydrogens (tertiary/aromatic N) is 4. The minimum Gasteiger partial charge on any atom is -0.356 e. The van der Waals surface area contributed by atoms with Crippen LogP contribution in [0.1, 0.15) is 56.3 Å². The molecule has 1 aliphatic carbocycles. The molecular weight excluding hydrogens is 352 g/mol. The molecular formula is C21H36N6O. The van der Waals surface area contributed by atoms with E-state index in [9.17, 15) is 4.79 Å². The second kappa shape index (κ2) is 9.94. The van der Waals surface area contributed by atoms with Crippen LogP contribution in [0.4, 0.5) is 0 Å². The lowest BCUT2D eigenvalue weighted by atomic mass is 9.88. The molecule has 1 aromatic rings. The average Bonchev–Trinajstić information content (AvgIpc) is 3.30. The Bertz CT molecular complexity index is 676. The van der Waals surface area contributed by atoms with E-state index < -0.39 is 0 Å². The van der Waals surface area contributed by atoms with E-state index >= 15 is 0 Å². The molecule has 0 spiro atoms. The van der Waals surface area contributed by atoms with Crippen molar-refractivity contribution >= 4 is 11.9 Å². The third-order valence-corrected chi connectivity index (χ3v) is 5.96. The molecule has 28 heavy (non-hydrogen) atoms. The van der Waals surface area contributed by atoms with E-state index in [0.29, 0.717) is 5.91 Å². The Hall–Kier alpha value is -2.05. The number of aromatic nitrogens is 2. The summed E-state index contributed by atoms with van der Waals surface area (Å²) in [5.74, 6) is 1.46. The molecule has 1 saturated carbocycles. The van der Waals surface area contributed by atoms with Gasteiger partial charge in [0.1, 0.15) is 0 Å². The van der Waals surface area contributed by atoms with Crippen molar-refractivity contribution in [2.45, 2.75) is 71.4 Å². The van der Waals surface area contributed by atoms with Crippen molar-refractivity contribution < 1.29 is 4.79 Å². The van der Waals surface area contributed by atoms with Gasteiger partial charge in [0.15, 0.2) is 5.96 Å². The number of likely N-dealkylation sites (tertiary alicyclic amines) is 1. The van der Waals surface area contributed by atoms with Crippen LogP contribution in [0.3, 0.4) is 0 Å². The van der Waals surface area contributed by atoms with Gasteiger partial charge in [-0.3, -0.25) is 14.5 Å². The zero-order valence-electron chi connectivity index (χ0n) is 17.7. The van der Waals surface area contributed by atoms with Crippen molar-refractivity contribution in [1.29, 1.82) is 0 Å². The molecule has 1 aliphatic heterocycles. The molecule has 7 nitrogen and oxygen atoms in total. The molecule has 3 rings (SSSR count). The third-order valence-electron chi connectivity index (χ3n) is 5.96. The first-order chi connectivity index (χ1) is 13.6. The molecule has 2 N–H and O–H groups in total. The van der Waals surface area contributed by atoms with E-state index in [1.54, 1.807) is 7.05 Å². The van der Waals surface area contributed by atoms with Crippen LogP contribution in [0, 0.1) is 19.8 Å².